The van der Waals surface area contributed by atoms with E-state index in [2.05, 4.69) is 94.2 Å². The van der Waals surface area contributed by atoms with Crippen molar-refractivity contribution in [3.63, 3.8) is 0 Å². The Morgan fingerprint density at radius 2 is 1.69 bits per heavy atom. The molecule has 2 N–H and O–H groups in total. The molecule has 3 aromatic heterocycles. The van der Waals surface area contributed by atoms with Gasteiger partial charge >= 0.3 is 0 Å². The number of anilines is 2. The largest absolute Gasteiger partial charge is 0.379 e. The summed E-state index contributed by atoms with van der Waals surface area (Å²) in [5, 5.41) is 3.78. The minimum Gasteiger partial charge on any atom is -0.379 e. The molecular formula is C30H37BrN8. The predicted molar refractivity (Wildman–Crippen MR) is 162 cm³/mol. The lowest BCUT2D eigenvalue weighted by Crippen LogP contribution is -2.45. The highest BCUT2D eigenvalue weighted by Gasteiger charge is 2.22. The number of nitrogens with zero attached hydrogens (tertiary/aromatic N) is 6. The number of nitrogens with one attached hydrogen (secondary N) is 2. The molecule has 0 spiro atoms. The van der Waals surface area contributed by atoms with E-state index < -0.39 is 0 Å². The monoisotopic (exact) mass is 588 g/mol. The van der Waals surface area contributed by atoms with Crippen LogP contribution in [0, 0.1) is 6.92 Å². The number of likely N-dealkylation sites (tertiary alicyclic amines) is 1. The highest BCUT2D eigenvalue weighted by molar-refractivity contribution is 9.10. The van der Waals surface area contributed by atoms with Gasteiger partial charge in [0.2, 0.25) is 0 Å². The lowest BCUT2D eigenvalue weighted by atomic mass is 10.0. The van der Waals surface area contributed by atoms with Crippen LogP contribution in [0.25, 0.3) is 22.6 Å². The Labute approximate surface area is 239 Å². The van der Waals surface area contributed by atoms with E-state index in [0.29, 0.717) is 6.04 Å². The average molecular weight is 590 g/mol. The number of hydrogen-bond donors (Lipinski definition) is 2. The van der Waals surface area contributed by atoms with Crippen molar-refractivity contribution in [2.24, 2.45) is 0 Å². The number of rotatable bonds is 7. The summed E-state index contributed by atoms with van der Waals surface area (Å²) in [6.45, 7) is 12.8. The highest BCUT2D eigenvalue weighted by Crippen LogP contribution is 2.33. The normalized spacial score (nSPS) is 17.7. The van der Waals surface area contributed by atoms with Crippen LogP contribution in [-0.2, 0) is 6.54 Å². The Bertz CT molecular complexity index is 1390. The quantitative estimate of drug-likeness (QED) is 0.303. The molecule has 0 atom stereocenters. The van der Waals surface area contributed by atoms with Crippen molar-refractivity contribution in [1.82, 2.24) is 29.7 Å². The number of piperazine rings is 1. The number of aryl methyl sites for hydroxylation is 1. The van der Waals surface area contributed by atoms with E-state index in [1.54, 1.807) is 0 Å². The van der Waals surface area contributed by atoms with E-state index in [9.17, 15) is 0 Å². The summed E-state index contributed by atoms with van der Waals surface area (Å²) in [5.74, 6) is 0.850. The first-order chi connectivity index (χ1) is 19.1. The van der Waals surface area contributed by atoms with Gasteiger partial charge in [-0.2, -0.15) is 0 Å². The Balaban J connectivity index is 1.11. The van der Waals surface area contributed by atoms with Crippen molar-refractivity contribution in [1.29, 1.82) is 0 Å². The summed E-state index contributed by atoms with van der Waals surface area (Å²) in [4.78, 5) is 24.9. The van der Waals surface area contributed by atoms with Gasteiger partial charge in [-0.05, 0) is 78.1 Å². The number of piperidine rings is 1. The zero-order chi connectivity index (χ0) is 26.8. The number of benzene rings is 1. The van der Waals surface area contributed by atoms with Gasteiger partial charge in [0.25, 0.3) is 0 Å². The van der Waals surface area contributed by atoms with E-state index in [-0.39, 0.29) is 0 Å². The maximum absolute atomic E-state index is 4.84. The molecule has 0 unspecified atom stereocenters. The standard InChI is InChI=1S/C30H37BrN8/c1-3-37-12-10-24(11-13-37)34-27-26(31)19-33-30-28(27)35-29(36-30)23-6-8-25(9-7-23)39-16-14-38(15-17-39)20-22-5-4-21(2)32-18-22/h4-9,18-19,24H,3,10-17,20H2,1-2H3,(H2,33,34,35,36). The molecule has 0 aliphatic carbocycles. The maximum atomic E-state index is 4.84. The highest BCUT2D eigenvalue weighted by atomic mass is 79.9. The molecule has 4 aromatic rings. The van der Waals surface area contributed by atoms with Crippen molar-refractivity contribution in [3.05, 3.63) is 64.5 Å². The molecule has 0 radical (unpaired) electrons. The third kappa shape index (κ3) is 5.95. The van der Waals surface area contributed by atoms with E-state index in [4.69, 9.17) is 4.98 Å². The summed E-state index contributed by atoms with van der Waals surface area (Å²) < 4.78 is 0.969. The topological polar surface area (TPSA) is 76.2 Å². The fourth-order valence-electron chi connectivity index (χ4n) is 5.65. The van der Waals surface area contributed by atoms with Crippen LogP contribution in [0.1, 0.15) is 31.0 Å². The molecule has 2 aliphatic heterocycles. The first-order valence-corrected chi connectivity index (χ1v) is 14.9. The van der Waals surface area contributed by atoms with E-state index >= 15 is 0 Å². The van der Waals surface area contributed by atoms with Crippen LogP contribution in [0.15, 0.2) is 53.3 Å². The molecule has 9 heteroatoms. The van der Waals surface area contributed by atoms with Crippen molar-refractivity contribution >= 4 is 38.5 Å². The molecule has 2 saturated heterocycles. The first-order valence-electron chi connectivity index (χ1n) is 14.1. The third-order valence-electron chi connectivity index (χ3n) is 8.11. The number of fused-ring (bicyclic) bond motifs is 1. The summed E-state index contributed by atoms with van der Waals surface area (Å²) in [5.41, 5.74) is 7.44. The molecule has 0 saturated carbocycles. The molecule has 2 fully saturated rings. The number of halogens is 1. The molecule has 5 heterocycles. The molecular weight excluding hydrogens is 552 g/mol. The van der Waals surface area contributed by atoms with Crippen LogP contribution in [0.2, 0.25) is 0 Å². The third-order valence-corrected chi connectivity index (χ3v) is 8.72. The van der Waals surface area contributed by atoms with Gasteiger partial charge in [0.15, 0.2) is 5.65 Å². The van der Waals surface area contributed by atoms with Crippen molar-refractivity contribution in [2.75, 3.05) is 56.0 Å². The summed E-state index contributed by atoms with van der Waals surface area (Å²) >= 11 is 3.72. The summed E-state index contributed by atoms with van der Waals surface area (Å²) in [6, 6.07) is 13.5. The Morgan fingerprint density at radius 3 is 2.38 bits per heavy atom. The van der Waals surface area contributed by atoms with Gasteiger partial charge in [-0.25, -0.2) is 9.97 Å². The van der Waals surface area contributed by atoms with Crippen molar-refractivity contribution < 1.29 is 0 Å². The number of aromatic nitrogens is 4. The fraction of sp³-hybridized carbons (Fsp3) is 0.433. The molecule has 204 valence electrons. The number of H-pyrrole nitrogens is 1. The van der Waals surface area contributed by atoms with Crippen LogP contribution in [0.4, 0.5) is 11.4 Å². The summed E-state index contributed by atoms with van der Waals surface area (Å²) in [6.07, 6.45) is 6.14. The Hall–Kier alpha value is -3.01. The molecule has 8 nitrogen and oxygen atoms in total. The molecule has 39 heavy (non-hydrogen) atoms. The van der Waals surface area contributed by atoms with Crippen LogP contribution in [-0.4, -0.2) is 81.6 Å². The van der Waals surface area contributed by atoms with Crippen LogP contribution in [0.3, 0.4) is 0 Å². The van der Waals surface area contributed by atoms with Crippen LogP contribution in [0.5, 0.6) is 0 Å². The van der Waals surface area contributed by atoms with Gasteiger partial charge in [-0.1, -0.05) is 13.0 Å². The minimum absolute atomic E-state index is 0.453. The van der Waals surface area contributed by atoms with Crippen LogP contribution < -0.4 is 10.2 Å². The number of aromatic amines is 1. The van der Waals surface area contributed by atoms with Crippen molar-refractivity contribution in [2.45, 2.75) is 39.3 Å². The van der Waals surface area contributed by atoms with Crippen molar-refractivity contribution in [3.8, 4) is 11.4 Å². The molecule has 1 aromatic carbocycles. The summed E-state index contributed by atoms with van der Waals surface area (Å²) in [7, 11) is 0. The first kappa shape index (κ1) is 26.2. The average Bonchev–Trinajstić information content (AvgIpc) is 3.41. The number of hydrogen-bond acceptors (Lipinski definition) is 7. The van der Waals surface area contributed by atoms with E-state index in [1.807, 2.05) is 19.3 Å². The lowest BCUT2D eigenvalue weighted by Gasteiger charge is -2.36. The molecule has 0 bridgehead atoms. The molecule has 0 amide bonds. The Morgan fingerprint density at radius 1 is 0.923 bits per heavy atom. The van der Waals surface area contributed by atoms with Crippen LogP contribution >= 0.6 is 15.9 Å². The number of imidazole rings is 1. The zero-order valence-corrected chi connectivity index (χ0v) is 24.4. The maximum Gasteiger partial charge on any atom is 0.180 e. The van der Waals surface area contributed by atoms with Gasteiger partial charge in [-0.15, -0.1) is 0 Å². The second-order valence-electron chi connectivity index (χ2n) is 10.7. The van der Waals surface area contributed by atoms with Gasteiger partial charge in [0.05, 0.1) is 10.2 Å². The van der Waals surface area contributed by atoms with E-state index in [0.717, 1.165) is 104 Å². The second-order valence-corrected chi connectivity index (χ2v) is 11.6. The fourth-order valence-corrected chi connectivity index (χ4v) is 6.07. The minimum atomic E-state index is 0.453. The van der Waals surface area contributed by atoms with Gasteiger partial charge in [-0.3, -0.25) is 9.88 Å². The zero-order valence-electron chi connectivity index (χ0n) is 22.8. The molecule has 6 rings (SSSR count). The smallest absolute Gasteiger partial charge is 0.180 e. The molecule has 2 aliphatic rings. The Kier molecular flexibility index (Phi) is 7.81. The van der Waals surface area contributed by atoms with Gasteiger partial charge < -0.3 is 20.1 Å². The van der Waals surface area contributed by atoms with E-state index in [1.165, 1.54) is 11.3 Å². The van der Waals surface area contributed by atoms with Gasteiger partial charge in [0, 0.05) is 81.2 Å². The predicted octanol–water partition coefficient (Wildman–Crippen LogP) is 5.31. The lowest BCUT2D eigenvalue weighted by molar-refractivity contribution is 0.229. The number of pyridine rings is 2. The SMILES string of the molecule is CCN1CCC(Nc2c(Br)cnc3nc(-c4ccc(N5CCN(Cc6ccc(C)nc6)CC5)cc4)[nH]c23)CC1. The second kappa shape index (κ2) is 11.6. The van der Waals surface area contributed by atoms with Gasteiger partial charge in [0.1, 0.15) is 11.3 Å².